The van der Waals surface area contributed by atoms with Gasteiger partial charge in [0.15, 0.2) is 0 Å². The van der Waals surface area contributed by atoms with Crippen molar-refractivity contribution in [2.45, 2.75) is 33.9 Å². The molecule has 3 nitrogen and oxygen atoms in total. The lowest BCUT2D eigenvalue weighted by Crippen LogP contribution is -2.13. The topological polar surface area (TPSA) is 29.9 Å². The number of aryl methyl sites for hydroxylation is 1. The van der Waals surface area contributed by atoms with Gasteiger partial charge in [-0.25, -0.2) is 0 Å². The summed E-state index contributed by atoms with van der Waals surface area (Å²) < 4.78 is 3.25. The third-order valence-electron chi connectivity index (χ3n) is 3.01. The molecule has 0 radical (unpaired) electrons. The van der Waals surface area contributed by atoms with E-state index in [0.29, 0.717) is 0 Å². The largest absolute Gasteiger partial charge is 0.313 e. The van der Waals surface area contributed by atoms with Crippen molar-refractivity contribution < 1.29 is 0 Å². The first-order valence-electron chi connectivity index (χ1n) is 6.08. The minimum atomic E-state index is 0.856. The van der Waals surface area contributed by atoms with Gasteiger partial charge >= 0.3 is 0 Å². The molecule has 2 aromatic heterocycles. The first kappa shape index (κ1) is 13.8. The summed E-state index contributed by atoms with van der Waals surface area (Å²) in [7, 11) is 0. The molecule has 0 aliphatic heterocycles. The number of halogens is 1. The Balaban J connectivity index is 2.18. The lowest BCUT2D eigenvalue weighted by molar-refractivity contribution is 0.662. The first-order valence-corrected chi connectivity index (χ1v) is 7.75. The van der Waals surface area contributed by atoms with Crippen molar-refractivity contribution in [3.63, 3.8) is 0 Å². The highest BCUT2D eigenvalue weighted by Crippen LogP contribution is 2.22. The van der Waals surface area contributed by atoms with Crippen molar-refractivity contribution in [2.24, 2.45) is 0 Å². The number of hydrogen-bond acceptors (Lipinski definition) is 3. The molecule has 2 aromatic rings. The number of nitrogens with one attached hydrogen (secondary N) is 1. The summed E-state index contributed by atoms with van der Waals surface area (Å²) in [5.41, 5.74) is 3.72. The Labute approximate surface area is 120 Å². The highest BCUT2D eigenvalue weighted by molar-refractivity contribution is 9.10. The van der Waals surface area contributed by atoms with E-state index in [9.17, 15) is 0 Å². The summed E-state index contributed by atoms with van der Waals surface area (Å²) in [4.78, 5) is 1.32. The van der Waals surface area contributed by atoms with Crippen LogP contribution in [0, 0.1) is 13.8 Å². The van der Waals surface area contributed by atoms with Gasteiger partial charge in [-0.05, 0) is 42.4 Å². The van der Waals surface area contributed by atoms with Crippen molar-refractivity contribution in [1.82, 2.24) is 15.1 Å². The van der Waals surface area contributed by atoms with Gasteiger partial charge in [0.2, 0.25) is 0 Å². The fraction of sp³-hybridized carbons (Fsp3) is 0.462. The molecule has 2 rings (SSSR count). The lowest BCUT2D eigenvalue weighted by atomic mass is 10.2. The molecule has 1 N–H and O–H groups in total. The Bertz CT molecular complexity index is 530. The van der Waals surface area contributed by atoms with Crippen LogP contribution in [0.1, 0.15) is 28.8 Å². The minimum absolute atomic E-state index is 0.856. The van der Waals surface area contributed by atoms with Crippen LogP contribution in [0.3, 0.4) is 0 Å². The lowest BCUT2D eigenvalue weighted by Gasteiger charge is -2.04. The van der Waals surface area contributed by atoms with Crippen molar-refractivity contribution in [3.05, 3.63) is 37.7 Å². The van der Waals surface area contributed by atoms with Crippen LogP contribution >= 0.6 is 27.3 Å². The van der Waals surface area contributed by atoms with Crippen LogP contribution in [-0.4, -0.2) is 16.3 Å². The van der Waals surface area contributed by atoms with E-state index in [-0.39, 0.29) is 0 Å². The molecular formula is C13H18BrN3S. The maximum Gasteiger partial charge on any atom is 0.0755 e. The number of aromatic nitrogens is 2. The van der Waals surface area contributed by atoms with E-state index in [0.717, 1.165) is 29.8 Å². The van der Waals surface area contributed by atoms with E-state index in [4.69, 9.17) is 0 Å². The molecule has 0 atom stereocenters. The van der Waals surface area contributed by atoms with Crippen molar-refractivity contribution in [2.75, 3.05) is 6.54 Å². The molecule has 0 bridgehead atoms. The van der Waals surface area contributed by atoms with Gasteiger partial charge in [0.05, 0.1) is 12.2 Å². The molecule has 0 saturated heterocycles. The minimum Gasteiger partial charge on any atom is -0.313 e. The average molecular weight is 328 g/mol. The van der Waals surface area contributed by atoms with Crippen LogP contribution in [0.25, 0.3) is 0 Å². The van der Waals surface area contributed by atoms with Crippen molar-refractivity contribution in [1.29, 1.82) is 0 Å². The molecule has 0 aromatic carbocycles. The molecular weight excluding hydrogens is 310 g/mol. The fourth-order valence-electron chi connectivity index (χ4n) is 1.98. The van der Waals surface area contributed by atoms with Crippen LogP contribution < -0.4 is 5.32 Å². The summed E-state index contributed by atoms with van der Waals surface area (Å²) in [6, 6.07) is 2.16. The van der Waals surface area contributed by atoms with Crippen LogP contribution in [0.2, 0.25) is 0 Å². The third kappa shape index (κ3) is 3.02. The predicted octanol–water partition coefficient (Wildman–Crippen LogP) is 3.48. The zero-order chi connectivity index (χ0) is 13.1. The Kier molecular flexibility index (Phi) is 4.59. The average Bonchev–Trinajstić information content (AvgIpc) is 2.84. The van der Waals surface area contributed by atoms with Crippen LogP contribution in [0.5, 0.6) is 0 Å². The Morgan fingerprint density at radius 1 is 1.44 bits per heavy atom. The van der Waals surface area contributed by atoms with Gasteiger partial charge in [0.25, 0.3) is 0 Å². The Hall–Kier alpha value is -0.650. The van der Waals surface area contributed by atoms with Gasteiger partial charge in [-0.1, -0.05) is 6.92 Å². The second-order valence-electron chi connectivity index (χ2n) is 4.32. The molecule has 0 fully saturated rings. The summed E-state index contributed by atoms with van der Waals surface area (Å²) in [5.74, 6) is 0. The molecule has 0 aliphatic rings. The number of hydrogen-bond donors (Lipinski definition) is 1. The normalized spacial score (nSPS) is 11.1. The van der Waals surface area contributed by atoms with Crippen LogP contribution in [0.4, 0.5) is 0 Å². The maximum absolute atomic E-state index is 4.64. The third-order valence-corrected chi connectivity index (χ3v) is 4.69. The van der Waals surface area contributed by atoms with E-state index in [1.165, 1.54) is 16.1 Å². The van der Waals surface area contributed by atoms with E-state index < -0.39 is 0 Å². The molecule has 5 heteroatoms. The van der Waals surface area contributed by atoms with E-state index >= 15 is 0 Å². The summed E-state index contributed by atoms with van der Waals surface area (Å²) in [5, 5.41) is 10.1. The van der Waals surface area contributed by atoms with Gasteiger partial charge in [0.1, 0.15) is 0 Å². The summed E-state index contributed by atoms with van der Waals surface area (Å²) in [6.45, 7) is 9.10. The van der Waals surface area contributed by atoms with Crippen LogP contribution in [0.15, 0.2) is 15.9 Å². The van der Waals surface area contributed by atoms with Gasteiger partial charge in [-0.15, -0.1) is 11.3 Å². The standard InChI is InChI=1S/C13H18BrN3S/c1-4-15-6-13-9(2)16-17(10(13)3)7-12-5-11(14)8-18-12/h5,8,15H,4,6-7H2,1-3H3. The smallest absolute Gasteiger partial charge is 0.0755 e. The SMILES string of the molecule is CCNCc1c(C)nn(Cc2cc(Br)cs2)c1C. The van der Waals surface area contributed by atoms with Crippen LogP contribution in [-0.2, 0) is 13.1 Å². The molecule has 18 heavy (non-hydrogen) atoms. The summed E-state index contributed by atoms with van der Waals surface area (Å²) >= 11 is 5.25. The molecule has 0 spiro atoms. The van der Waals surface area contributed by atoms with E-state index in [2.05, 4.69) is 63.2 Å². The molecule has 0 unspecified atom stereocenters. The Morgan fingerprint density at radius 2 is 2.22 bits per heavy atom. The monoisotopic (exact) mass is 327 g/mol. The van der Waals surface area contributed by atoms with Gasteiger partial charge in [-0.2, -0.15) is 5.10 Å². The summed E-state index contributed by atoms with van der Waals surface area (Å²) in [6.07, 6.45) is 0. The number of thiophene rings is 1. The maximum atomic E-state index is 4.64. The number of rotatable bonds is 5. The molecule has 98 valence electrons. The zero-order valence-corrected chi connectivity index (χ0v) is 13.4. The van der Waals surface area contributed by atoms with Crippen molar-refractivity contribution in [3.8, 4) is 0 Å². The highest BCUT2D eigenvalue weighted by Gasteiger charge is 2.11. The van der Waals surface area contributed by atoms with Crippen molar-refractivity contribution >= 4 is 27.3 Å². The quantitative estimate of drug-likeness (QED) is 0.911. The van der Waals surface area contributed by atoms with E-state index in [1.54, 1.807) is 11.3 Å². The first-order chi connectivity index (χ1) is 8.61. The molecule has 0 amide bonds. The van der Waals surface area contributed by atoms with E-state index in [1.807, 2.05) is 0 Å². The second-order valence-corrected chi connectivity index (χ2v) is 6.23. The zero-order valence-electron chi connectivity index (χ0n) is 11.0. The predicted molar refractivity (Wildman–Crippen MR) is 80.2 cm³/mol. The second kappa shape index (κ2) is 5.99. The van der Waals surface area contributed by atoms with Gasteiger partial charge in [-0.3, -0.25) is 4.68 Å². The molecule has 2 heterocycles. The highest BCUT2D eigenvalue weighted by atomic mass is 79.9. The fourth-order valence-corrected chi connectivity index (χ4v) is 3.41. The molecule has 0 aliphatic carbocycles. The Morgan fingerprint density at radius 3 is 2.83 bits per heavy atom. The molecule has 0 saturated carbocycles. The van der Waals surface area contributed by atoms with Gasteiger partial charge in [0, 0.05) is 32.5 Å². The van der Waals surface area contributed by atoms with Gasteiger partial charge < -0.3 is 5.32 Å². The number of nitrogens with zero attached hydrogens (tertiary/aromatic N) is 2.